The van der Waals surface area contributed by atoms with Crippen molar-refractivity contribution in [3.63, 3.8) is 0 Å². The van der Waals surface area contributed by atoms with E-state index >= 15 is 0 Å². The smallest absolute Gasteiger partial charge is 0.323 e. The van der Waals surface area contributed by atoms with Gasteiger partial charge in [0.25, 0.3) is 5.91 Å². The van der Waals surface area contributed by atoms with Gasteiger partial charge in [0.05, 0.1) is 11.3 Å². The fraction of sp³-hybridized carbons (Fsp3) is 0.310. The van der Waals surface area contributed by atoms with Crippen molar-refractivity contribution in [2.24, 2.45) is 5.92 Å². The van der Waals surface area contributed by atoms with Gasteiger partial charge in [0, 0.05) is 36.6 Å². The van der Waals surface area contributed by atoms with Crippen molar-refractivity contribution in [3.8, 4) is 0 Å². The molecule has 3 amide bonds. The number of hydrogen-bond acceptors (Lipinski definition) is 3. The summed E-state index contributed by atoms with van der Waals surface area (Å²) in [6.45, 7) is 1.69. The van der Waals surface area contributed by atoms with Gasteiger partial charge < -0.3 is 20.9 Å². The minimum absolute atomic E-state index is 0.138. The Morgan fingerprint density at radius 1 is 0.865 bits per heavy atom. The third-order valence-electron chi connectivity index (χ3n) is 6.91. The van der Waals surface area contributed by atoms with Crippen LogP contribution >= 0.6 is 0 Å². The quantitative estimate of drug-likeness (QED) is 0.372. The third-order valence-corrected chi connectivity index (χ3v) is 6.91. The molecule has 6 nitrogen and oxygen atoms in total. The summed E-state index contributed by atoms with van der Waals surface area (Å²) < 4.78 is 27.1. The van der Waals surface area contributed by atoms with E-state index < -0.39 is 17.7 Å². The molecule has 0 atom stereocenters. The van der Waals surface area contributed by atoms with E-state index in [4.69, 9.17) is 0 Å². The Morgan fingerprint density at radius 2 is 1.62 bits per heavy atom. The fourth-order valence-corrected chi connectivity index (χ4v) is 4.76. The number of urea groups is 1. The average Bonchev–Trinajstić information content (AvgIpc) is 3.71. The Kier molecular flexibility index (Phi) is 7.35. The molecule has 3 aromatic rings. The van der Waals surface area contributed by atoms with Gasteiger partial charge >= 0.3 is 6.03 Å². The van der Waals surface area contributed by atoms with Crippen LogP contribution < -0.4 is 20.9 Å². The third kappa shape index (κ3) is 6.44. The number of carbonyl (C=O) groups excluding carboxylic acids is 2. The summed E-state index contributed by atoms with van der Waals surface area (Å²) in [4.78, 5) is 27.8. The molecular formula is C29H30F2N4O2. The lowest BCUT2D eigenvalue weighted by Gasteiger charge is -2.35. The Hall–Kier alpha value is -3.94. The lowest BCUT2D eigenvalue weighted by atomic mass is 9.89. The van der Waals surface area contributed by atoms with Crippen LogP contribution in [-0.2, 0) is 6.42 Å². The highest BCUT2D eigenvalue weighted by Crippen LogP contribution is 2.31. The molecule has 0 unspecified atom stereocenters. The molecule has 192 valence electrons. The van der Waals surface area contributed by atoms with Gasteiger partial charge in [0.15, 0.2) is 0 Å². The van der Waals surface area contributed by atoms with E-state index in [9.17, 15) is 18.4 Å². The minimum Gasteiger partial charge on any atom is -0.371 e. The van der Waals surface area contributed by atoms with Crippen LogP contribution in [-0.4, -0.2) is 31.1 Å². The maximum absolute atomic E-state index is 13.9. The molecule has 1 aliphatic carbocycles. The lowest BCUT2D eigenvalue weighted by molar-refractivity contribution is 0.0951. The van der Waals surface area contributed by atoms with Crippen molar-refractivity contribution in [1.82, 2.24) is 5.32 Å². The molecule has 1 saturated heterocycles. The van der Waals surface area contributed by atoms with Crippen LogP contribution in [0.4, 0.5) is 30.6 Å². The van der Waals surface area contributed by atoms with Crippen LogP contribution in [0.5, 0.6) is 0 Å². The zero-order valence-corrected chi connectivity index (χ0v) is 20.5. The second-order valence-electron chi connectivity index (χ2n) is 9.80. The molecule has 1 aliphatic heterocycles. The van der Waals surface area contributed by atoms with Crippen LogP contribution in [0, 0.1) is 17.6 Å². The van der Waals surface area contributed by atoms with Gasteiger partial charge in [-0.1, -0.05) is 30.3 Å². The molecule has 0 radical (unpaired) electrons. The molecule has 2 fully saturated rings. The highest BCUT2D eigenvalue weighted by atomic mass is 19.1. The van der Waals surface area contributed by atoms with Crippen molar-refractivity contribution in [3.05, 3.63) is 89.5 Å². The van der Waals surface area contributed by atoms with Crippen LogP contribution in [0.3, 0.4) is 0 Å². The van der Waals surface area contributed by atoms with E-state index in [0.717, 1.165) is 63.0 Å². The first-order valence-electron chi connectivity index (χ1n) is 12.7. The van der Waals surface area contributed by atoms with Gasteiger partial charge in [-0.15, -0.1) is 0 Å². The van der Waals surface area contributed by atoms with Crippen molar-refractivity contribution in [2.45, 2.75) is 38.1 Å². The number of nitrogens with zero attached hydrogens (tertiary/aromatic N) is 1. The number of benzene rings is 3. The minimum atomic E-state index is -0.870. The SMILES string of the molecule is O=C(Nc1ccc(N2CCC(Cc3ccccc3)CC2)c(C(=O)NC2CC2)c1)Nc1ccc(F)cc1F. The lowest BCUT2D eigenvalue weighted by Crippen LogP contribution is -2.36. The topological polar surface area (TPSA) is 73.5 Å². The normalized spacial score (nSPS) is 15.8. The molecule has 3 aromatic carbocycles. The van der Waals surface area contributed by atoms with Gasteiger partial charge in [-0.25, -0.2) is 13.6 Å². The first-order valence-corrected chi connectivity index (χ1v) is 12.7. The molecule has 0 spiro atoms. The highest BCUT2D eigenvalue weighted by molar-refractivity contribution is 6.04. The number of anilines is 3. The van der Waals surface area contributed by atoms with Crippen molar-refractivity contribution in [1.29, 1.82) is 0 Å². The number of carbonyl (C=O) groups is 2. The van der Waals surface area contributed by atoms with E-state index in [1.807, 2.05) is 12.1 Å². The number of halogens is 2. The highest BCUT2D eigenvalue weighted by Gasteiger charge is 2.28. The Balaban J connectivity index is 1.28. The summed E-state index contributed by atoms with van der Waals surface area (Å²) in [6, 6.07) is 18.2. The molecule has 0 bridgehead atoms. The number of amides is 3. The number of nitrogens with one attached hydrogen (secondary N) is 3. The first kappa shape index (κ1) is 24.7. The van der Waals surface area contributed by atoms with Crippen molar-refractivity contribution in [2.75, 3.05) is 28.6 Å². The molecule has 3 N–H and O–H groups in total. The van der Waals surface area contributed by atoms with Gasteiger partial charge in [-0.2, -0.15) is 0 Å². The molecule has 1 saturated carbocycles. The summed E-state index contributed by atoms with van der Waals surface area (Å²) in [5.74, 6) is -1.17. The van der Waals surface area contributed by atoms with Crippen LogP contribution in [0.1, 0.15) is 41.6 Å². The predicted octanol–water partition coefficient (Wildman–Crippen LogP) is 5.96. The maximum Gasteiger partial charge on any atom is 0.323 e. The predicted molar refractivity (Wildman–Crippen MR) is 141 cm³/mol. The monoisotopic (exact) mass is 504 g/mol. The van der Waals surface area contributed by atoms with Crippen molar-refractivity contribution >= 4 is 29.0 Å². The summed E-state index contributed by atoms with van der Waals surface area (Å²) in [6.07, 6.45) is 5.05. The van der Waals surface area contributed by atoms with Gasteiger partial charge in [0.1, 0.15) is 11.6 Å². The second kappa shape index (κ2) is 11.0. The molecule has 2 aliphatic rings. The Labute approximate surface area is 215 Å². The molecule has 8 heteroatoms. The summed E-state index contributed by atoms with van der Waals surface area (Å²) >= 11 is 0. The van der Waals surface area contributed by atoms with E-state index in [-0.39, 0.29) is 17.6 Å². The van der Waals surface area contributed by atoms with Crippen LogP contribution in [0.15, 0.2) is 66.7 Å². The first-order chi connectivity index (χ1) is 17.9. The summed E-state index contributed by atoms with van der Waals surface area (Å²) in [5, 5.41) is 8.07. The van der Waals surface area contributed by atoms with Crippen molar-refractivity contribution < 1.29 is 18.4 Å². The second-order valence-corrected chi connectivity index (χ2v) is 9.80. The van der Waals surface area contributed by atoms with E-state index in [0.29, 0.717) is 23.2 Å². The molecular weight excluding hydrogens is 474 g/mol. The van der Waals surface area contributed by atoms with Gasteiger partial charge in [-0.3, -0.25) is 4.79 Å². The summed E-state index contributed by atoms with van der Waals surface area (Å²) in [5.41, 5.74) is 2.95. The zero-order valence-electron chi connectivity index (χ0n) is 20.5. The molecule has 0 aromatic heterocycles. The average molecular weight is 505 g/mol. The molecule has 1 heterocycles. The van der Waals surface area contributed by atoms with Crippen LogP contribution in [0.25, 0.3) is 0 Å². The largest absolute Gasteiger partial charge is 0.371 e. The van der Waals surface area contributed by atoms with Gasteiger partial charge in [-0.05, 0) is 73.9 Å². The van der Waals surface area contributed by atoms with E-state index in [1.165, 1.54) is 5.56 Å². The standard InChI is InChI=1S/C29H30F2N4O2/c30-21-6-10-26(25(31)17-21)34-29(37)33-23-9-11-27(24(18-23)28(36)32-22-7-8-22)35-14-12-20(13-15-35)16-19-4-2-1-3-5-19/h1-6,9-11,17-18,20,22H,7-8,12-16H2,(H,32,36)(H2,33,34,37). The number of rotatable bonds is 7. The maximum atomic E-state index is 13.9. The Morgan fingerprint density at radius 3 is 2.32 bits per heavy atom. The van der Waals surface area contributed by atoms with Crippen LogP contribution in [0.2, 0.25) is 0 Å². The number of piperidine rings is 1. The van der Waals surface area contributed by atoms with Gasteiger partial charge in [0.2, 0.25) is 0 Å². The number of hydrogen-bond donors (Lipinski definition) is 3. The molecule has 37 heavy (non-hydrogen) atoms. The fourth-order valence-electron chi connectivity index (χ4n) is 4.76. The molecule has 5 rings (SSSR count). The van der Waals surface area contributed by atoms with E-state index in [2.05, 4.69) is 45.1 Å². The van der Waals surface area contributed by atoms with E-state index in [1.54, 1.807) is 12.1 Å². The zero-order chi connectivity index (χ0) is 25.8. The Bertz CT molecular complexity index is 1270. The summed E-state index contributed by atoms with van der Waals surface area (Å²) in [7, 11) is 0.